The van der Waals surface area contributed by atoms with Crippen LogP contribution in [0.25, 0.3) is 0 Å². The van der Waals surface area contributed by atoms with Crippen molar-refractivity contribution in [1.82, 2.24) is 9.97 Å². The van der Waals surface area contributed by atoms with E-state index < -0.39 is 0 Å². The van der Waals surface area contributed by atoms with Crippen LogP contribution >= 0.6 is 0 Å². The molecule has 1 rings (SSSR count). The predicted octanol–water partition coefficient (Wildman–Crippen LogP) is 1.30. The smallest absolute Gasteiger partial charge is 0.129 e. The molecule has 0 aromatic carbocycles. The van der Waals surface area contributed by atoms with Gasteiger partial charge in [0, 0.05) is 19.3 Å². The highest BCUT2D eigenvalue weighted by Crippen LogP contribution is 2.19. The van der Waals surface area contributed by atoms with Crippen LogP contribution in [-0.2, 0) is 0 Å². The zero-order valence-corrected chi connectivity index (χ0v) is 8.70. The van der Waals surface area contributed by atoms with Crippen molar-refractivity contribution in [2.75, 3.05) is 18.5 Å². The topological polar surface area (TPSA) is 58.0 Å². The van der Waals surface area contributed by atoms with Crippen molar-refractivity contribution < 1.29 is 5.11 Å². The third kappa shape index (κ3) is 3.70. The Balaban J connectivity index is 2.40. The first-order valence-corrected chi connectivity index (χ1v) is 4.75. The Labute approximate surface area is 84.4 Å². The molecule has 14 heavy (non-hydrogen) atoms. The van der Waals surface area contributed by atoms with E-state index >= 15 is 0 Å². The summed E-state index contributed by atoms with van der Waals surface area (Å²) in [5.41, 5.74) is 0.0830. The standard InChI is InChI=1S/C10H17N3O/c1-10(2,4-6-14)7-12-9-3-5-11-8-13-9/h3,5,8,14H,4,6-7H2,1-2H3,(H,11,12,13). The third-order valence-electron chi connectivity index (χ3n) is 2.12. The molecule has 2 N–H and O–H groups in total. The molecular weight excluding hydrogens is 178 g/mol. The molecule has 1 heterocycles. The predicted molar refractivity (Wildman–Crippen MR) is 56.0 cm³/mol. The van der Waals surface area contributed by atoms with Gasteiger partial charge in [0.1, 0.15) is 12.1 Å². The fourth-order valence-electron chi connectivity index (χ4n) is 1.12. The SMILES string of the molecule is CC(C)(CCO)CNc1ccncn1. The van der Waals surface area contributed by atoms with E-state index in [-0.39, 0.29) is 12.0 Å². The average Bonchev–Trinajstić information content (AvgIpc) is 2.17. The summed E-state index contributed by atoms with van der Waals surface area (Å²) >= 11 is 0. The van der Waals surface area contributed by atoms with Gasteiger partial charge in [-0.1, -0.05) is 13.8 Å². The van der Waals surface area contributed by atoms with E-state index in [0.29, 0.717) is 0 Å². The summed E-state index contributed by atoms with van der Waals surface area (Å²) in [6, 6.07) is 1.83. The van der Waals surface area contributed by atoms with E-state index in [2.05, 4.69) is 29.1 Å². The number of aromatic nitrogens is 2. The van der Waals surface area contributed by atoms with Crippen LogP contribution in [0.3, 0.4) is 0 Å². The lowest BCUT2D eigenvalue weighted by Gasteiger charge is -2.23. The van der Waals surface area contributed by atoms with Gasteiger partial charge in [0.2, 0.25) is 0 Å². The maximum Gasteiger partial charge on any atom is 0.129 e. The minimum absolute atomic E-state index is 0.0830. The Morgan fingerprint density at radius 1 is 1.50 bits per heavy atom. The molecule has 0 saturated heterocycles. The molecule has 1 aromatic heterocycles. The molecule has 78 valence electrons. The maximum atomic E-state index is 8.85. The maximum absolute atomic E-state index is 8.85. The van der Waals surface area contributed by atoms with E-state index in [4.69, 9.17) is 5.11 Å². The lowest BCUT2D eigenvalue weighted by Crippen LogP contribution is -2.24. The van der Waals surface area contributed by atoms with Gasteiger partial charge in [0.05, 0.1) is 0 Å². The number of anilines is 1. The summed E-state index contributed by atoms with van der Waals surface area (Å²) in [6.07, 6.45) is 4.00. The average molecular weight is 195 g/mol. The lowest BCUT2D eigenvalue weighted by atomic mass is 9.90. The molecule has 0 unspecified atom stereocenters. The molecule has 0 aliphatic rings. The Kier molecular flexibility index (Phi) is 3.83. The van der Waals surface area contributed by atoms with Crippen molar-refractivity contribution >= 4 is 5.82 Å². The van der Waals surface area contributed by atoms with Crippen LogP contribution in [0, 0.1) is 5.41 Å². The van der Waals surface area contributed by atoms with Gasteiger partial charge < -0.3 is 10.4 Å². The molecule has 0 saturated carbocycles. The molecule has 0 spiro atoms. The molecule has 0 fully saturated rings. The summed E-state index contributed by atoms with van der Waals surface area (Å²) in [6.45, 7) is 5.23. The van der Waals surface area contributed by atoms with Crippen LogP contribution in [0.15, 0.2) is 18.6 Å². The van der Waals surface area contributed by atoms with Crippen molar-refractivity contribution in [3.05, 3.63) is 18.6 Å². The zero-order valence-electron chi connectivity index (χ0n) is 8.70. The fraction of sp³-hybridized carbons (Fsp3) is 0.600. The van der Waals surface area contributed by atoms with Crippen molar-refractivity contribution in [2.24, 2.45) is 5.41 Å². The molecule has 1 aromatic rings. The molecule has 4 nitrogen and oxygen atoms in total. The summed E-state index contributed by atoms with van der Waals surface area (Å²) in [5, 5.41) is 12.1. The zero-order chi connectivity index (χ0) is 10.4. The molecule has 0 aliphatic heterocycles. The monoisotopic (exact) mass is 195 g/mol. The number of hydrogen-bond acceptors (Lipinski definition) is 4. The molecule has 0 bridgehead atoms. The number of rotatable bonds is 5. The largest absolute Gasteiger partial charge is 0.396 e. The highest BCUT2D eigenvalue weighted by Gasteiger charge is 2.16. The second kappa shape index (κ2) is 4.91. The van der Waals surface area contributed by atoms with Gasteiger partial charge in [-0.25, -0.2) is 9.97 Å². The quantitative estimate of drug-likeness (QED) is 0.743. The minimum atomic E-state index is 0.0830. The van der Waals surface area contributed by atoms with Crippen LogP contribution in [0.4, 0.5) is 5.82 Å². The number of hydrogen-bond donors (Lipinski definition) is 2. The summed E-state index contributed by atoms with van der Waals surface area (Å²) in [4.78, 5) is 7.89. The second-order valence-electron chi connectivity index (χ2n) is 4.09. The van der Waals surface area contributed by atoms with Gasteiger partial charge in [-0.3, -0.25) is 0 Å². The van der Waals surface area contributed by atoms with E-state index in [9.17, 15) is 0 Å². The van der Waals surface area contributed by atoms with Crippen LogP contribution in [-0.4, -0.2) is 28.2 Å². The first-order chi connectivity index (χ1) is 6.64. The molecule has 0 amide bonds. The number of nitrogens with one attached hydrogen (secondary N) is 1. The normalized spacial score (nSPS) is 11.4. The summed E-state index contributed by atoms with van der Waals surface area (Å²) in [5.74, 6) is 0.825. The van der Waals surface area contributed by atoms with Gasteiger partial charge in [0.25, 0.3) is 0 Å². The van der Waals surface area contributed by atoms with Crippen molar-refractivity contribution in [3.8, 4) is 0 Å². The number of aliphatic hydroxyl groups excluding tert-OH is 1. The second-order valence-corrected chi connectivity index (χ2v) is 4.09. The highest BCUT2D eigenvalue weighted by molar-refractivity contribution is 5.31. The Bertz CT molecular complexity index is 261. The molecule has 4 heteroatoms. The van der Waals surface area contributed by atoms with Gasteiger partial charge in [-0.2, -0.15) is 0 Å². The Morgan fingerprint density at radius 3 is 2.86 bits per heavy atom. The lowest BCUT2D eigenvalue weighted by molar-refractivity contribution is 0.220. The van der Waals surface area contributed by atoms with E-state index in [0.717, 1.165) is 18.8 Å². The summed E-state index contributed by atoms with van der Waals surface area (Å²) < 4.78 is 0. The molecule has 0 radical (unpaired) electrons. The van der Waals surface area contributed by atoms with Crippen molar-refractivity contribution in [1.29, 1.82) is 0 Å². The highest BCUT2D eigenvalue weighted by atomic mass is 16.3. The van der Waals surface area contributed by atoms with Gasteiger partial charge in [0.15, 0.2) is 0 Å². The van der Waals surface area contributed by atoms with Gasteiger partial charge in [-0.15, -0.1) is 0 Å². The van der Waals surface area contributed by atoms with Crippen LogP contribution in [0.2, 0.25) is 0 Å². The van der Waals surface area contributed by atoms with Crippen LogP contribution in [0.1, 0.15) is 20.3 Å². The Hall–Kier alpha value is -1.16. The summed E-state index contributed by atoms with van der Waals surface area (Å²) in [7, 11) is 0. The van der Waals surface area contributed by atoms with E-state index in [1.54, 1.807) is 6.20 Å². The van der Waals surface area contributed by atoms with E-state index in [1.165, 1.54) is 6.33 Å². The van der Waals surface area contributed by atoms with Crippen LogP contribution < -0.4 is 5.32 Å². The number of aliphatic hydroxyl groups is 1. The molecular formula is C10H17N3O. The fourth-order valence-corrected chi connectivity index (χ4v) is 1.12. The van der Waals surface area contributed by atoms with E-state index in [1.807, 2.05) is 6.07 Å². The van der Waals surface area contributed by atoms with Gasteiger partial charge in [-0.05, 0) is 17.9 Å². The minimum Gasteiger partial charge on any atom is -0.396 e. The number of nitrogens with zero attached hydrogens (tertiary/aromatic N) is 2. The molecule has 0 aliphatic carbocycles. The first kappa shape index (κ1) is 10.9. The molecule has 0 atom stereocenters. The van der Waals surface area contributed by atoms with Crippen LogP contribution in [0.5, 0.6) is 0 Å². The van der Waals surface area contributed by atoms with Crippen molar-refractivity contribution in [3.63, 3.8) is 0 Å². The van der Waals surface area contributed by atoms with Crippen molar-refractivity contribution in [2.45, 2.75) is 20.3 Å². The first-order valence-electron chi connectivity index (χ1n) is 4.75. The van der Waals surface area contributed by atoms with Gasteiger partial charge >= 0.3 is 0 Å². The Morgan fingerprint density at radius 2 is 2.29 bits per heavy atom. The third-order valence-corrected chi connectivity index (χ3v) is 2.12.